The molecule has 2 amide bonds. The van der Waals surface area contributed by atoms with Crippen LogP contribution in [0.4, 0.5) is 5.69 Å². The highest BCUT2D eigenvalue weighted by molar-refractivity contribution is 6.00. The molecule has 0 radical (unpaired) electrons. The summed E-state index contributed by atoms with van der Waals surface area (Å²) in [5.74, 6) is -0.393. The molecule has 2 N–H and O–H groups in total. The summed E-state index contributed by atoms with van der Waals surface area (Å²) in [7, 11) is 0. The molecule has 0 aromatic heterocycles. The zero-order chi connectivity index (χ0) is 17.6. The number of carbonyl (C=O) groups excluding carboxylic acids is 2. The van der Waals surface area contributed by atoms with Crippen molar-refractivity contribution < 1.29 is 14.7 Å². The van der Waals surface area contributed by atoms with Gasteiger partial charge in [0.15, 0.2) is 0 Å². The summed E-state index contributed by atoms with van der Waals surface area (Å²) >= 11 is 0. The number of anilines is 1. The average Bonchev–Trinajstić information content (AvgIpc) is 2.88. The maximum atomic E-state index is 12.6. The maximum Gasteiger partial charge on any atom is 0.251 e. The van der Waals surface area contributed by atoms with E-state index in [9.17, 15) is 9.59 Å². The zero-order valence-electron chi connectivity index (χ0n) is 14.1. The molecule has 5 heteroatoms. The average molecular weight is 338 g/mol. The van der Waals surface area contributed by atoms with Gasteiger partial charge in [-0.05, 0) is 48.6 Å². The molecule has 0 unspecified atom stereocenters. The Morgan fingerprint density at radius 2 is 1.80 bits per heavy atom. The van der Waals surface area contributed by atoms with Gasteiger partial charge in [-0.25, -0.2) is 0 Å². The number of amides is 2. The van der Waals surface area contributed by atoms with Crippen molar-refractivity contribution in [3.8, 4) is 0 Å². The Morgan fingerprint density at radius 1 is 1.04 bits per heavy atom. The molecule has 3 rings (SSSR count). The van der Waals surface area contributed by atoms with E-state index < -0.39 is 0 Å². The van der Waals surface area contributed by atoms with E-state index in [1.807, 2.05) is 18.2 Å². The quantitative estimate of drug-likeness (QED) is 0.898. The molecule has 0 spiro atoms. The van der Waals surface area contributed by atoms with Crippen LogP contribution in [0.1, 0.15) is 34.3 Å². The number of hydrogen-bond donors (Lipinski definition) is 2. The Bertz CT molecular complexity index is 756. The van der Waals surface area contributed by atoms with Crippen molar-refractivity contribution in [1.29, 1.82) is 0 Å². The number of rotatable bonds is 4. The second-order valence-corrected chi connectivity index (χ2v) is 6.17. The van der Waals surface area contributed by atoms with Gasteiger partial charge in [0.25, 0.3) is 5.91 Å². The van der Waals surface area contributed by atoms with Gasteiger partial charge in [0.2, 0.25) is 5.91 Å². The first-order valence-corrected chi connectivity index (χ1v) is 8.55. The fourth-order valence-electron chi connectivity index (χ4n) is 3.07. The van der Waals surface area contributed by atoms with Gasteiger partial charge < -0.3 is 15.3 Å². The first-order valence-electron chi connectivity index (χ1n) is 8.55. The van der Waals surface area contributed by atoms with Crippen LogP contribution in [0, 0.1) is 0 Å². The molecular formula is C20H22N2O3. The molecule has 5 nitrogen and oxygen atoms in total. The fourth-order valence-corrected chi connectivity index (χ4v) is 3.07. The van der Waals surface area contributed by atoms with Crippen molar-refractivity contribution in [3.05, 3.63) is 65.2 Å². The molecule has 2 aromatic carbocycles. The molecule has 0 saturated carbocycles. The summed E-state index contributed by atoms with van der Waals surface area (Å²) in [5, 5.41) is 11.7. The van der Waals surface area contributed by atoms with Crippen molar-refractivity contribution in [2.75, 3.05) is 18.0 Å². The topological polar surface area (TPSA) is 69.6 Å². The van der Waals surface area contributed by atoms with Crippen molar-refractivity contribution in [3.63, 3.8) is 0 Å². The number of aliphatic hydroxyl groups is 1. The van der Waals surface area contributed by atoms with Crippen molar-refractivity contribution in [2.24, 2.45) is 0 Å². The molecular weight excluding hydrogens is 316 g/mol. The first kappa shape index (κ1) is 17.2. The van der Waals surface area contributed by atoms with Crippen LogP contribution < -0.4 is 10.2 Å². The Balaban J connectivity index is 1.65. The number of benzene rings is 2. The third-order valence-corrected chi connectivity index (χ3v) is 4.46. The fraction of sp³-hybridized carbons (Fsp3) is 0.300. The normalized spacial score (nSPS) is 13.7. The van der Waals surface area contributed by atoms with Crippen LogP contribution in [0.25, 0.3) is 0 Å². The van der Waals surface area contributed by atoms with Gasteiger partial charge in [-0.3, -0.25) is 9.59 Å². The van der Waals surface area contributed by atoms with Gasteiger partial charge in [0.1, 0.15) is 0 Å². The van der Waals surface area contributed by atoms with E-state index in [2.05, 4.69) is 11.4 Å². The molecule has 1 aliphatic rings. The number of nitrogens with one attached hydrogen (secondary N) is 1. The van der Waals surface area contributed by atoms with E-state index in [-0.39, 0.29) is 25.0 Å². The minimum absolute atomic E-state index is 0.0328. The zero-order valence-corrected chi connectivity index (χ0v) is 14.1. The highest BCUT2D eigenvalue weighted by Crippen LogP contribution is 2.25. The summed E-state index contributed by atoms with van der Waals surface area (Å²) in [6.45, 7) is 0.584. The lowest BCUT2D eigenvalue weighted by Crippen LogP contribution is -2.40. The van der Waals surface area contributed by atoms with Gasteiger partial charge in [0.05, 0.1) is 13.2 Å². The predicted octanol–water partition coefficient (Wildman–Crippen LogP) is 2.28. The van der Waals surface area contributed by atoms with Crippen LogP contribution >= 0.6 is 0 Å². The van der Waals surface area contributed by atoms with Crippen molar-refractivity contribution in [1.82, 2.24) is 5.32 Å². The largest absolute Gasteiger partial charge is 0.392 e. The van der Waals surface area contributed by atoms with E-state index in [0.29, 0.717) is 12.1 Å². The number of nitrogens with zero attached hydrogens (tertiary/aromatic N) is 1. The molecule has 1 aliphatic heterocycles. The van der Waals surface area contributed by atoms with Crippen molar-refractivity contribution in [2.45, 2.75) is 25.9 Å². The Labute approximate surface area is 147 Å². The molecule has 130 valence electrons. The lowest BCUT2D eigenvalue weighted by Gasteiger charge is -2.23. The second kappa shape index (κ2) is 7.94. The molecule has 1 heterocycles. The number of aliphatic hydroxyl groups excluding tert-OH is 1. The lowest BCUT2D eigenvalue weighted by atomic mass is 10.1. The molecule has 2 aromatic rings. The monoisotopic (exact) mass is 338 g/mol. The molecule has 0 aliphatic carbocycles. The first-order chi connectivity index (χ1) is 12.2. The Kier molecular flexibility index (Phi) is 5.46. The van der Waals surface area contributed by atoms with Gasteiger partial charge in [-0.15, -0.1) is 0 Å². The number of carbonyl (C=O) groups is 2. The maximum absolute atomic E-state index is 12.6. The summed E-state index contributed by atoms with van der Waals surface area (Å²) in [6, 6.07) is 14.6. The van der Waals surface area contributed by atoms with Gasteiger partial charge in [0, 0.05) is 17.8 Å². The van der Waals surface area contributed by atoms with Crippen LogP contribution in [0.2, 0.25) is 0 Å². The van der Waals surface area contributed by atoms with E-state index in [0.717, 1.165) is 30.5 Å². The predicted molar refractivity (Wildman–Crippen MR) is 96.4 cm³/mol. The smallest absolute Gasteiger partial charge is 0.251 e. The van der Waals surface area contributed by atoms with Gasteiger partial charge >= 0.3 is 0 Å². The highest BCUT2D eigenvalue weighted by atomic mass is 16.3. The lowest BCUT2D eigenvalue weighted by molar-refractivity contribution is -0.117. The number of hydrogen-bond acceptors (Lipinski definition) is 3. The SMILES string of the molecule is O=C(NCC(=O)N1CCCCc2ccccc21)c1ccc(CO)cc1. The van der Waals surface area contributed by atoms with Crippen LogP contribution in [-0.2, 0) is 17.8 Å². The molecule has 0 saturated heterocycles. The Hall–Kier alpha value is -2.66. The summed E-state index contributed by atoms with van der Waals surface area (Å²) in [5.41, 5.74) is 3.35. The van der Waals surface area contributed by atoms with Gasteiger partial charge in [-0.1, -0.05) is 30.3 Å². The minimum Gasteiger partial charge on any atom is -0.392 e. The number of para-hydroxylation sites is 1. The van der Waals surface area contributed by atoms with E-state index in [1.54, 1.807) is 29.2 Å². The van der Waals surface area contributed by atoms with Crippen LogP contribution in [0.5, 0.6) is 0 Å². The molecule has 0 fully saturated rings. The van der Waals surface area contributed by atoms with E-state index >= 15 is 0 Å². The van der Waals surface area contributed by atoms with E-state index in [4.69, 9.17) is 5.11 Å². The number of fused-ring (bicyclic) bond motifs is 1. The minimum atomic E-state index is -0.291. The summed E-state index contributed by atoms with van der Waals surface area (Å²) in [4.78, 5) is 26.6. The molecule has 0 bridgehead atoms. The Morgan fingerprint density at radius 3 is 2.56 bits per heavy atom. The molecule has 0 atom stereocenters. The van der Waals surface area contributed by atoms with Crippen LogP contribution in [0.15, 0.2) is 48.5 Å². The number of aryl methyl sites for hydroxylation is 1. The second-order valence-electron chi connectivity index (χ2n) is 6.17. The van der Waals surface area contributed by atoms with Gasteiger partial charge in [-0.2, -0.15) is 0 Å². The van der Waals surface area contributed by atoms with Crippen molar-refractivity contribution >= 4 is 17.5 Å². The third kappa shape index (κ3) is 4.06. The highest BCUT2D eigenvalue weighted by Gasteiger charge is 2.21. The van der Waals surface area contributed by atoms with Crippen LogP contribution in [0.3, 0.4) is 0 Å². The van der Waals surface area contributed by atoms with Crippen LogP contribution in [-0.4, -0.2) is 30.0 Å². The summed E-state index contributed by atoms with van der Waals surface area (Å²) in [6.07, 6.45) is 2.99. The third-order valence-electron chi connectivity index (χ3n) is 4.46. The standard InChI is InChI=1S/C20H22N2O3/c23-14-15-8-10-17(11-9-15)20(25)21-13-19(24)22-12-4-3-6-16-5-1-2-7-18(16)22/h1-2,5,7-11,23H,3-4,6,12-14H2,(H,21,25). The van der Waals surface area contributed by atoms with E-state index in [1.165, 1.54) is 5.56 Å². The molecule has 25 heavy (non-hydrogen) atoms. The summed E-state index contributed by atoms with van der Waals surface area (Å²) < 4.78 is 0.